The van der Waals surface area contributed by atoms with Crippen molar-refractivity contribution < 1.29 is 24.1 Å². The van der Waals surface area contributed by atoms with Crippen molar-refractivity contribution in [2.75, 3.05) is 6.61 Å². The molecule has 6 heteroatoms. The van der Waals surface area contributed by atoms with E-state index in [2.05, 4.69) is 0 Å². The molecule has 1 aliphatic rings. The van der Waals surface area contributed by atoms with E-state index in [1.54, 1.807) is 11.8 Å². The Hall–Kier alpha value is -2.97. The van der Waals surface area contributed by atoms with Crippen molar-refractivity contribution >= 4 is 11.8 Å². The van der Waals surface area contributed by atoms with E-state index in [9.17, 15) is 5.11 Å². The van der Waals surface area contributed by atoms with Crippen LogP contribution in [-0.4, -0.2) is 41.6 Å². The van der Waals surface area contributed by atoms with Gasteiger partial charge in [-0.15, -0.1) is 11.8 Å². The van der Waals surface area contributed by atoms with Gasteiger partial charge < -0.3 is 24.1 Å². The molecular formula is C33H34O5S. The van der Waals surface area contributed by atoms with E-state index in [4.69, 9.17) is 18.9 Å². The Balaban J connectivity index is 1.38. The van der Waals surface area contributed by atoms with Gasteiger partial charge in [0.25, 0.3) is 0 Å². The van der Waals surface area contributed by atoms with Crippen LogP contribution in [0.1, 0.15) is 16.7 Å². The van der Waals surface area contributed by atoms with Gasteiger partial charge in [0.15, 0.2) is 6.29 Å². The summed E-state index contributed by atoms with van der Waals surface area (Å²) in [6, 6.07) is 40.1. The summed E-state index contributed by atoms with van der Waals surface area (Å²) in [6.07, 6.45) is -2.48. The van der Waals surface area contributed by atoms with Gasteiger partial charge in [-0.25, -0.2) is 0 Å². The molecule has 4 aromatic carbocycles. The maximum atomic E-state index is 11.3. The van der Waals surface area contributed by atoms with Crippen molar-refractivity contribution in [2.45, 2.75) is 54.6 Å². The van der Waals surface area contributed by atoms with E-state index in [0.29, 0.717) is 19.8 Å². The molecule has 5 atom stereocenters. The van der Waals surface area contributed by atoms with Crippen LogP contribution in [0.2, 0.25) is 0 Å². The van der Waals surface area contributed by atoms with Crippen LogP contribution >= 0.6 is 11.8 Å². The van der Waals surface area contributed by atoms with Crippen LogP contribution in [0.15, 0.2) is 126 Å². The second-order valence-electron chi connectivity index (χ2n) is 9.48. The summed E-state index contributed by atoms with van der Waals surface area (Å²) in [7, 11) is 0. The van der Waals surface area contributed by atoms with E-state index < -0.39 is 29.9 Å². The molecule has 0 unspecified atom stereocenters. The lowest BCUT2D eigenvalue weighted by atomic mass is 10.00. The first-order valence-electron chi connectivity index (χ1n) is 13.2. The minimum atomic E-state index is -1.06. The predicted molar refractivity (Wildman–Crippen MR) is 153 cm³/mol. The number of aliphatic hydroxyl groups excluding tert-OH is 1. The van der Waals surface area contributed by atoms with Gasteiger partial charge in [0.05, 0.1) is 31.7 Å². The van der Waals surface area contributed by atoms with E-state index in [0.717, 1.165) is 21.6 Å². The number of hydrogen-bond acceptors (Lipinski definition) is 6. The summed E-state index contributed by atoms with van der Waals surface area (Å²) in [5.41, 5.74) is 3.19. The fourth-order valence-electron chi connectivity index (χ4n) is 4.60. The zero-order valence-electron chi connectivity index (χ0n) is 21.8. The molecule has 1 aliphatic heterocycles. The molecule has 39 heavy (non-hydrogen) atoms. The van der Waals surface area contributed by atoms with Crippen LogP contribution in [-0.2, 0) is 38.8 Å². The van der Waals surface area contributed by atoms with Crippen molar-refractivity contribution in [1.29, 1.82) is 0 Å². The molecule has 0 amide bonds. The van der Waals surface area contributed by atoms with E-state index >= 15 is 0 Å². The van der Waals surface area contributed by atoms with Gasteiger partial charge in [0.1, 0.15) is 18.3 Å². The molecule has 4 aromatic rings. The Bertz CT molecular complexity index is 1230. The maximum Gasteiger partial charge on any atom is 0.170 e. The van der Waals surface area contributed by atoms with Gasteiger partial charge in [-0.05, 0) is 28.8 Å². The molecule has 0 saturated carbocycles. The monoisotopic (exact) mass is 542 g/mol. The predicted octanol–water partition coefficient (Wildman–Crippen LogP) is 6.25. The van der Waals surface area contributed by atoms with Crippen molar-refractivity contribution in [3.05, 3.63) is 138 Å². The van der Waals surface area contributed by atoms with Crippen LogP contribution in [0.5, 0.6) is 0 Å². The number of aliphatic hydroxyl groups is 1. The van der Waals surface area contributed by atoms with Crippen LogP contribution in [0.25, 0.3) is 0 Å². The third-order valence-corrected chi connectivity index (χ3v) is 7.91. The maximum absolute atomic E-state index is 11.3. The highest BCUT2D eigenvalue weighted by molar-refractivity contribution is 8.00. The largest absolute Gasteiger partial charge is 0.374 e. The van der Waals surface area contributed by atoms with Crippen molar-refractivity contribution in [2.24, 2.45) is 0 Å². The molecule has 0 aliphatic carbocycles. The molecule has 0 aromatic heterocycles. The van der Waals surface area contributed by atoms with Gasteiger partial charge in [-0.3, -0.25) is 0 Å². The lowest BCUT2D eigenvalue weighted by molar-refractivity contribution is -0.261. The second kappa shape index (κ2) is 14.4. The fourth-order valence-corrected chi connectivity index (χ4v) is 5.78. The summed E-state index contributed by atoms with van der Waals surface area (Å²) < 4.78 is 25.4. The Morgan fingerprint density at radius 3 is 1.59 bits per heavy atom. The van der Waals surface area contributed by atoms with Crippen molar-refractivity contribution in [3.8, 4) is 0 Å². The SMILES string of the molecule is O[C@@H]1O[C@H](COCc2ccccc2)[C@H](OCc2ccccc2)[C@H](OCc2ccccc2)[C@H]1Sc1ccccc1. The number of ether oxygens (including phenoxy) is 4. The Kier molecular flexibility index (Phi) is 10.2. The molecule has 5 nitrogen and oxygen atoms in total. The minimum absolute atomic E-state index is 0.263. The normalized spacial score (nSPS) is 22.9. The second-order valence-corrected chi connectivity index (χ2v) is 10.7. The summed E-state index contributed by atoms with van der Waals surface area (Å²) in [5.74, 6) is 0. The van der Waals surface area contributed by atoms with Gasteiger partial charge >= 0.3 is 0 Å². The molecule has 0 bridgehead atoms. The highest BCUT2D eigenvalue weighted by atomic mass is 32.2. The Morgan fingerprint density at radius 1 is 0.590 bits per heavy atom. The van der Waals surface area contributed by atoms with Gasteiger partial charge in [0.2, 0.25) is 0 Å². The smallest absolute Gasteiger partial charge is 0.170 e. The van der Waals surface area contributed by atoms with Gasteiger partial charge in [-0.1, -0.05) is 109 Å². The fraction of sp³-hybridized carbons (Fsp3) is 0.273. The minimum Gasteiger partial charge on any atom is -0.374 e. The standard InChI is InChI=1S/C33H34O5S/c34-33-32(39-28-19-11-4-12-20-28)31(37-23-27-17-9-3-10-18-27)30(36-22-26-15-7-2-8-16-26)29(38-33)24-35-21-25-13-5-1-6-14-25/h1-20,29-34H,21-24H2/t29-,30+,31+,32-,33-/m1/s1. The molecule has 1 saturated heterocycles. The zero-order valence-corrected chi connectivity index (χ0v) is 22.6. The van der Waals surface area contributed by atoms with E-state index in [1.807, 2.05) is 121 Å². The van der Waals surface area contributed by atoms with E-state index in [-0.39, 0.29) is 6.61 Å². The highest BCUT2D eigenvalue weighted by Crippen LogP contribution is 2.37. The molecule has 1 fully saturated rings. The first-order valence-corrected chi connectivity index (χ1v) is 14.1. The third kappa shape index (κ3) is 8.02. The lowest BCUT2D eigenvalue weighted by Crippen LogP contribution is -2.59. The Morgan fingerprint density at radius 2 is 1.05 bits per heavy atom. The quantitative estimate of drug-likeness (QED) is 0.228. The first-order chi connectivity index (χ1) is 19.3. The van der Waals surface area contributed by atoms with Crippen LogP contribution in [0.3, 0.4) is 0 Å². The average Bonchev–Trinajstić information content (AvgIpc) is 2.99. The Labute approximate surface area is 234 Å². The molecule has 1 N–H and O–H groups in total. The molecular weight excluding hydrogens is 508 g/mol. The van der Waals surface area contributed by atoms with Gasteiger partial charge in [-0.2, -0.15) is 0 Å². The highest BCUT2D eigenvalue weighted by Gasteiger charge is 2.47. The van der Waals surface area contributed by atoms with Crippen LogP contribution in [0.4, 0.5) is 0 Å². The topological polar surface area (TPSA) is 57.2 Å². The number of rotatable bonds is 12. The number of benzene rings is 4. The number of thioether (sulfide) groups is 1. The lowest BCUT2D eigenvalue weighted by Gasteiger charge is -2.44. The number of hydrogen-bond donors (Lipinski definition) is 1. The summed E-state index contributed by atoms with van der Waals surface area (Å²) in [4.78, 5) is 1.03. The first kappa shape index (κ1) is 27.6. The third-order valence-electron chi connectivity index (χ3n) is 6.59. The molecule has 5 rings (SSSR count). The van der Waals surface area contributed by atoms with Crippen LogP contribution < -0.4 is 0 Å². The molecule has 202 valence electrons. The van der Waals surface area contributed by atoms with Crippen molar-refractivity contribution in [1.82, 2.24) is 0 Å². The zero-order chi connectivity index (χ0) is 26.7. The molecule has 1 heterocycles. The molecule has 0 radical (unpaired) electrons. The summed E-state index contributed by atoms with van der Waals surface area (Å²) >= 11 is 1.54. The summed E-state index contributed by atoms with van der Waals surface area (Å²) in [5, 5.41) is 10.9. The summed E-state index contributed by atoms with van der Waals surface area (Å²) in [6.45, 7) is 1.50. The molecule has 0 spiro atoms. The average molecular weight is 543 g/mol. The van der Waals surface area contributed by atoms with E-state index in [1.165, 1.54) is 0 Å². The van der Waals surface area contributed by atoms with Crippen molar-refractivity contribution in [3.63, 3.8) is 0 Å². The van der Waals surface area contributed by atoms with Crippen LogP contribution in [0, 0.1) is 0 Å². The van der Waals surface area contributed by atoms with Gasteiger partial charge in [0, 0.05) is 4.90 Å².